The predicted octanol–water partition coefficient (Wildman–Crippen LogP) is 6.23. The van der Waals surface area contributed by atoms with Gasteiger partial charge in [-0.1, -0.05) is 86.8 Å². The molecule has 0 radical (unpaired) electrons. The Balaban J connectivity index is 3.88. The minimum Gasteiger partial charge on any atom is -0.463 e. The van der Waals surface area contributed by atoms with E-state index in [2.05, 4.69) is 13.5 Å². The lowest BCUT2D eigenvalue weighted by atomic mass is 9.97. The molecule has 0 aromatic heterocycles. The second-order valence-electron chi connectivity index (χ2n) is 5.31. The van der Waals surface area contributed by atoms with Gasteiger partial charge in [0.2, 0.25) is 0 Å². The number of unbranched alkanes of at least 4 members (excludes halogenated alkanes) is 5. The van der Waals surface area contributed by atoms with Crippen molar-refractivity contribution in [3.8, 4) is 0 Å². The lowest BCUT2D eigenvalue weighted by Crippen LogP contribution is -2.20. The second kappa shape index (κ2) is 12.6. The van der Waals surface area contributed by atoms with Crippen molar-refractivity contribution < 1.29 is 9.53 Å². The van der Waals surface area contributed by atoms with Crippen molar-refractivity contribution in [2.24, 2.45) is 5.92 Å². The second-order valence-corrected chi connectivity index (χ2v) is 7.68. The van der Waals surface area contributed by atoms with Gasteiger partial charge in [-0.25, -0.2) is 4.79 Å². The molecule has 0 bridgehead atoms. The molecule has 0 aromatic carbocycles. The third-order valence-corrected chi connectivity index (χ3v) is 4.40. The quantitative estimate of drug-likeness (QED) is 0.179. The zero-order valence-corrected chi connectivity index (χ0v) is 15.2. The molecule has 0 spiro atoms. The molecule has 124 valence electrons. The number of hydrogen-bond donors (Lipinski definition) is 0. The molecular weight excluding hydrogens is 331 g/mol. The van der Waals surface area contributed by atoms with Crippen LogP contribution >= 0.6 is 34.8 Å². The first-order chi connectivity index (χ1) is 9.91. The third kappa shape index (κ3) is 12.3. The van der Waals surface area contributed by atoms with Crippen LogP contribution in [0, 0.1) is 5.92 Å². The predicted molar refractivity (Wildman–Crippen MR) is 92.2 cm³/mol. The van der Waals surface area contributed by atoms with Gasteiger partial charge in [-0.05, 0) is 19.3 Å². The van der Waals surface area contributed by atoms with Gasteiger partial charge in [-0.2, -0.15) is 0 Å². The van der Waals surface area contributed by atoms with E-state index in [1.165, 1.54) is 32.1 Å². The van der Waals surface area contributed by atoms with Gasteiger partial charge in [0, 0.05) is 12.0 Å². The molecule has 0 amide bonds. The average molecular weight is 358 g/mol. The topological polar surface area (TPSA) is 26.3 Å². The summed E-state index contributed by atoms with van der Waals surface area (Å²) in [4.78, 5) is 10.9. The molecule has 0 saturated carbocycles. The fourth-order valence-corrected chi connectivity index (χ4v) is 2.86. The van der Waals surface area contributed by atoms with E-state index in [9.17, 15) is 4.79 Å². The summed E-state index contributed by atoms with van der Waals surface area (Å²) >= 11 is 18.1. The Labute approximate surface area is 144 Å². The molecule has 0 heterocycles. The lowest BCUT2D eigenvalue weighted by molar-refractivity contribution is -0.137. The summed E-state index contributed by atoms with van der Waals surface area (Å²) in [5.41, 5.74) is 0. The van der Waals surface area contributed by atoms with Crippen LogP contribution in [0.3, 0.4) is 0 Å². The van der Waals surface area contributed by atoms with Crippen LogP contribution in [0.5, 0.6) is 0 Å². The average Bonchev–Trinajstić information content (AvgIpc) is 2.43. The molecular formula is C16H27Cl3O2. The van der Waals surface area contributed by atoms with Gasteiger partial charge >= 0.3 is 5.97 Å². The number of ether oxygens (including phenoxy) is 1. The number of halogens is 3. The Morgan fingerprint density at radius 2 is 1.67 bits per heavy atom. The summed E-state index contributed by atoms with van der Waals surface area (Å²) in [6, 6.07) is 0. The first kappa shape index (κ1) is 21.1. The molecule has 0 fully saturated rings. The summed E-state index contributed by atoms with van der Waals surface area (Å²) in [6.45, 7) is 5.90. The number of alkyl halides is 3. The summed E-state index contributed by atoms with van der Waals surface area (Å²) in [5.74, 6) is -0.396. The highest BCUT2D eigenvalue weighted by Crippen LogP contribution is 2.40. The van der Waals surface area contributed by atoms with E-state index < -0.39 is 9.76 Å². The zero-order valence-electron chi connectivity index (χ0n) is 12.9. The van der Waals surface area contributed by atoms with E-state index in [1.54, 1.807) is 0 Å². The minimum atomic E-state index is -1.24. The molecule has 0 N–H and O–H groups in total. The fraction of sp³-hybridized carbons (Fsp3) is 0.812. The highest BCUT2D eigenvalue weighted by Gasteiger charge is 2.31. The summed E-state index contributed by atoms with van der Waals surface area (Å²) in [5, 5.41) is 0. The Morgan fingerprint density at radius 1 is 1.10 bits per heavy atom. The molecule has 0 saturated heterocycles. The number of hydrogen-bond acceptors (Lipinski definition) is 2. The van der Waals surface area contributed by atoms with E-state index in [1.807, 2.05) is 0 Å². The highest BCUT2D eigenvalue weighted by atomic mass is 35.6. The molecule has 0 aromatic rings. The van der Waals surface area contributed by atoms with Gasteiger partial charge in [-0.15, -0.1) is 0 Å². The molecule has 2 nitrogen and oxygen atoms in total. The van der Waals surface area contributed by atoms with Gasteiger partial charge in [0.05, 0.1) is 6.61 Å². The van der Waals surface area contributed by atoms with E-state index in [0.29, 0.717) is 13.0 Å². The van der Waals surface area contributed by atoms with Gasteiger partial charge < -0.3 is 4.74 Å². The molecule has 5 heteroatoms. The number of esters is 1. The Hall–Kier alpha value is 0.0800. The largest absolute Gasteiger partial charge is 0.463 e. The standard InChI is InChI=1S/C16H27Cl3O2/c1-3-5-6-7-8-9-11-14(16(17,18)19)12-10-13-21-15(20)4-2/h4,14H,2-3,5-13H2,1H3. The monoisotopic (exact) mass is 356 g/mol. The summed E-state index contributed by atoms with van der Waals surface area (Å²) in [7, 11) is 0. The smallest absolute Gasteiger partial charge is 0.330 e. The van der Waals surface area contributed by atoms with Crippen molar-refractivity contribution in [2.45, 2.75) is 68.5 Å². The van der Waals surface area contributed by atoms with Crippen LogP contribution in [-0.2, 0) is 9.53 Å². The number of rotatable bonds is 12. The van der Waals surface area contributed by atoms with Gasteiger partial charge in [0.25, 0.3) is 0 Å². The maximum Gasteiger partial charge on any atom is 0.330 e. The highest BCUT2D eigenvalue weighted by molar-refractivity contribution is 6.67. The molecule has 0 aliphatic rings. The van der Waals surface area contributed by atoms with Crippen molar-refractivity contribution in [3.05, 3.63) is 12.7 Å². The summed E-state index contributed by atoms with van der Waals surface area (Å²) < 4.78 is 3.69. The molecule has 0 aliphatic carbocycles. The first-order valence-corrected chi connectivity index (χ1v) is 8.91. The molecule has 1 unspecified atom stereocenters. The maximum absolute atomic E-state index is 10.9. The lowest BCUT2D eigenvalue weighted by Gasteiger charge is -2.24. The molecule has 1 atom stereocenters. The van der Waals surface area contributed by atoms with Crippen LogP contribution in [0.4, 0.5) is 0 Å². The van der Waals surface area contributed by atoms with E-state index in [4.69, 9.17) is 39.5 Å². The van der Waals surface area contributed by atoms with Crippen LogP contribution in [0.15, 0.2) is 12.7 Å². The van der Waals surface area contributed by atoms with E-state index in [0.717, 1.165) is 25.3 Å². The maximum atomic E-state index is 10.9. The van der Waals surface area contributed by atoms with Crippen LogP contribution in [0.2, 0.25) is 0 Å². The molecule has 0 aliphatic heterocycles. The van der Waals surface area contributed by atoms with Crippen LogP contribution in [0.25, 0.3) is 0 Å². The Kier molecular flexibility index (Phi) is 12.7. The van der Waals surface area contributed by atoms with Gasteiger partial charge in [0.1, 0.15) is 0 Å². The zero-order chi connectivity index (χ0) is 16.1. The van der Waals surface area contributed by atoms with Crippen LogP contribution < -0.4 is 0 Å². The number of carbonyl (C=O) groups excluding carboxylic acids is 1. The van der Waals surface area contributed by atoms with Crippen molar-refractivity contribution in [1.29, 1.82) is 0 Å². The number of carbonyl (C=O) groups is 1. The third-order valence-electron chi connectivity index (χ3n) is 3.48. The Morgan fingerprint density at radius 3 is 2.24 bits per heavy atom. The Bertz CT molecular complexity index is 288. The van der Waals surface area contributed by atoms with Crippen LogP contribution in [-0.4, -0.2) is 16.4 Å². The van der Waals surface area contributed by atoms with Crippen molar-refractivity contribution in [1.82, 2.24) is 0 Å². The van der Waals surface area contributed by atoms with E-state index in [-0.39, 0.29) is 5.92 Å². The van der Waals surface area contributed by atoms with Gasteiger partial charge in [0.15, 0.2) is 3.79 Å². The minimum absolute atomic E-state index is 0.0103. The fourth-order valence-electron chi connectivity index (χ4n) is 2.20. The molecule has 21 heavy (non-hydrogen) atoms. The molecule has 0 rings (SSSR count). The van der Waals surface area contributed by atoms with Crippen molar-refractivity contribution in [3.63, 3.8) is 0 Å². The summed E-state index contributed by atoms with van der Waals surface area (Å²) in [6.07, 6.45) is 10.8. The van der Waals surface area contributed by atoms with Crippen LogP contribution in [0.1, 0.15) is 64.7 Å². The normalized spacial score (nSPS) is 13.0. The van der Waals surface area contributed by atoms with Gasteiger partial charge in [-0.3, -0.25) is 0 Å². The first-order valence-electron chi connectivity index (χ1n) is 7.77. The van der Waals surface area contributed by atoms with Crippen molar-refractivity contribution >= 4 is 40.8 Å². The SMILES string of the molecule is C=CC(=O)OCCCC(CCCCCCCC)C(Cl)(Cl)Cl. The van der Waals surface area contributed by atoms with E-state index >= 15 is 0 Å². The van der Waals surface area contributed by atoms with Crippen molar-refractivity contribution in [2.75, 3.05) is 6.61 Å².